The number of hydrogen-bond donors (Lipinski definition) is 2. The third-order valence-corrected chi connectivity index (χ3v) is 4.23. The summed E-state index contributed by atoms with van der Waals surface area (Å²) in [7, 11) is 0. The molecule has 1 aromatic heterocycles. The molecule has 1 aliphatic rings. The normalized spacial score (nSPS) is 15.4. The number of rotatable bonds is 3. The first-order valence-electron chi connectivity index (χ1n) is 7.21. The number of nitrogens with zero attached hydrogens (tertiary/aromatic N) is 2. The van der Waals surface area contributed by atoms with Crippen molar-refractivity contribution in [3.05, 3.63) is 46.9 Å². The molecule has 24 heavy (non-hydrogen) atoms. The Bertz CT molecular complexity index is 821. The topological polar surface area (TPSA) is 111 Å². The molecule has 124 valence electrons. The molecule has 3 rings (SSSR count). The van der Waals surface area contributed by atoms with Gasteiger partial charge in [-0.1, -0.05) is 30.7 Å². The van der Waals surface area contributed by atoms with Crippen LogP contribution in [-0.4, -0.2) is 40.2 Å². The first-order chi connectivity index (χ1) is 11.4. The lowest BCUT2D eigenvalue weighted by molar-refractivity contribution is -0.0499. The maximum atomic E-state index is 10.7. The molecule has 2 aromatic rings. The monoisotopic (exact) mass is 347 g/mol. The van der Waals surface area contributed by atoms with E-state index in [0.29, 0.717) is 23.9 Å². The number of carbonyl (C=O) groups is 1. The highest BCUT2D eigenvalue weighted by molar-refractivity contribution is 6.31. The molecule has 0 unspecified atom stereocenters. The van der Waals surface area contributed by atoms with E-state index >= 15 is 0 Å². The molecule has 0 saturated carbocycles. The van der Waals surface area contributed by atoms with Crippen molar-refractivity contribution in [3.63, 3.8) is 0 Å². The quantitative estimate of drug-likeness (QED) is 0.501. The molecule has 0 aliphatic carbocycles. The van der Waals surface area contributed by atoms with Crippen molar-refractivity contribution in [2.45, 2.75) is 12.3 Å². The minimum Gasteiger partial charge on any atom is -0.547 e. The minimum atomic E-state index is -1.07. The average Bonchev–Trinajstić information content (AvgIpc) is 2.52. The predicted octanol–water partition coefficient (Wildman–Crippen LogP) is 1.84. The van der Waals surface area contributed by atoms with Crippen molar-refractivity contribution in [2.24, 2.45) is 0 Å². The number of halogens is 1. The summed E-state index contributed by atoms with van der Waals surface area (Å²) in [6, 6.07) is 7.25. The van der Waals surface area contributed by atoms with Crippen LogP contribution in [0, 0.1) is 5.41 Å². The van der Waals surface area contributed by atoms with Crippen LogP contribution in [0.2, 0.25) is 5.02 Å². The Morgan fingerprint density at radius 1 is 1.38 bits per heavy atom. The summed E-state index contributed by atoms with van der Waals surface area (Å²) >= 11 is 6.42. The zero-order chi connectivity index (χ0) is 17.3. The molecule has 1 amide bonds. The van der Waals surface area contributed by atoms with E-state index in [0.717, 1.165) is 11.1 Å². The number of nitrogens with one attached hydrogen (secondary N) is 2. The number of aromatic nitrogens is 2. The van der Waals surface area contributed by atoms with Crippen LogP contribution in [0.3, 0.4) is 0 Å². The largest absolute Gasteiger partial charge is 0.632 e. The molecule has 2 heterocycles. The van der Waals surface area contributed by atoms with Gasteiger partial charge in [0, 0.05) is 16.0 Å². The predicted molar refractivity (Wildman–Crippen MR) is 89.6 cm³/mol. The van der Waals surface area contributed by atoms with Crippen LogP contribution in [0.1, 0.15) is 18.2 Å². The van der Waals surface area contributed by atoms with Gasteiger partial charge in [-0.2, -0.15) is 0 Å². The van der Waals surface area contributed by atoms with Gasteiger partial charge in [0.1, 0.15) is 12.0 Å². The summed E-state index contributed by atoms with van der Waals surface area (Å²) in [5, 5.41) is 17.3. The second kappa shape index (κ2) is 6.18. The standard InChI is InChI=1S/C16H15ClN4O3/c1-16(6-24-7-16)10-3-2-9(4-11(10)17)12-5-13(20-8-19-12)14(18)21-15(22)23/h2-5,8H,6-7H2,1H3,(H2,18,21)(H,22,23)/p+1. The van der Waals surface area contributed by atoms with Gasteiger partial charge >= 0.3 is 6.09 Å². The molecule has 8 heteroatoms. The van der Waals surface area contributed by atoms with Gasteiger partial charge in [0.05, 0.1) is 23.7 Å². The Labute approximate surface area is 143 Å². The smallest absolute Gasteiger partial charge is 0.547 e. The summed E-state index contributed by atoms with van der Waals surface area (Å²) in [4.78, 5) is 18.9. The number of amidine groups is 1. The third-order valence-electron chi connectivity index (χ3n) is 3.92. The highest BCUT2D eigenvalue weighted by Gasteiger charge is 2.36. The maximum Gasteiger partial charge on any atom is 0.632 e. The fourth-order valence-corrected chi connectivity index (χ4v) is 2.97. The zero-order valence-corrected chi connectivity index (χ0v) is 13.6. The number of benzene rings is 1. The van der Waals surface area contributed by atoms with Crippen molar-refractivity contribution in [1.29, 1.82) is 5.41 Å². The second-order valence-corrected chi connectivity index (χ2v) is 6.27. The highest BCUT2D eigenvalue weighted by atomic mass is 35.5. The van der Waals surface area contributed by atoms with Crippen LogP contribution in [0.25, 0.3) is 11.3 Å². The van der Waals surface area contributed by atoms with Crippen LogP contribution < -0.4 is 5.32 Å². The van der Waals surface area contributed by atoms with Crippen molar-refractivity contribution in [3.8, 4) is 11.3 Å². The van der Waals surface area contributed by atoms with Crippen molar-refractivity contribution < 1.29 is 14.6 Å². The summed E-state index contributed by atoms with van der Waals surface area (Å²) in [6.45, 7) is 3.40. The van der Waals surface area contributed by atoms with Gasteiger partial charge in [0.15, 0.2) is 5.84 Å². The van der Waals surface area contributed by atoms with Crippen molar-refractivity contribution in [2.75, 3.05) is 13.2 Å². The van der Waals surface area contributed by atoms with Crippen molar-refractivity contribution >= 4 is 23.5 Å². The van der Waals surface area contributed by atoms with Crippen molar-refractivity contribution in [1.82, 2.24) is 15.3 Å². The molecule has 0 radical (unpaired) electrons. The number of ether oxygens (including phenoxy) is 1. The third kappa shape index (κ3) is 3.08. The zero-order valence-electron chi connectivity index (χ0n) is 12.9. The molecule has 1 saturated heterocycles. The number of hydrogen-bond acceptors (Lipinski definition) is 5. The lowest BCUT2D eigenvalue weighted by atomic mass is 9.80. The lowest BCUT2D eigenvalue weighted by Gasteiger charge is -2.39. The van der Waals surface area contributed by atoms with Crippen LogP contribution in [-0.2, 0) is 10.2 Å². The SMILES string of the molecule is CC1(c2ccc(-c3cc(C(=N)NC(=O)[OH2+])ncn3)cc2Cl)COC1. The van der Waals surface area contributed by atoms with E-state index in [1.54, 1.807) is 6.07 Å². The summed E-state index contributed by atoms with van der Waals surface area (Å²) in [6.07, 6.45) is 0.238. The van der Waals surface area contributed by atoms with E-state index in [2.05, 4.69) is 22.2 Å². The molecular weight excluding hydrogens is 332 g/mol. The Hall–Kier alpha value is -2.51. The first kappa shape index (κ1) is 16.4. The van der Waals surface area contributed by atoms with E-state index < -0.39 is 6.09 Å². The Morgan fingerprint density at radius 2 is 2.12 bits per heavy atom. The van der Waals surface area contributed by atoms with Gasteiger partial charge < -0.3 is 9.84 Å². The molecule has 7 nitrogen and oxygen atoms in total. The number of carbonyl (C=O) groups excluding carboxylic acids is 1. The van der Waals surface area contributed by atoms with Gasteiger partial charge in [0.25, 0.3) is 0 Å². The fraction of sp³-hybridized carbons (Fsp3) is 0.250. The highest BCUT2D eigenvalue weighted by Crippen LogP contribution is 2.37. The minimum absolute atomic E-state index is 0.0625. The van der Waals surface area contributed by atoms with Gasteiger partial charge in [0.2, 0.25) is 0 Å². The van der Waals surface area contributed by atoms with Crippen LogP contribution in [0.15, 0.2) is 30.6 Å². The molecule has 1 fully saturated rings. The molecular formula is C16H16ClN4O3+. The molecule has 0 atom stereocenters. The average molecular weight is 348 g/mol. The summed E-state index contributed by atoms with van der Waals surface area (Å²) < 4.78 is 5.28. The summed E-state index contributed by atoms with van der Waals surface area (Å²) in [5.41, 5.74) is 2.55. The van der Waals surface area contributed by atoms with E-state index in [9.17, 15) is 4.79 Å². The van der Waals surface area contributed by atoms with Crippen LogP contribution >= 0.6 is 11.6 Å². The Morgan fingerprint density at radius 3 is 2.71 bits per heavy atom. The first-order valence-corrected chi connectivity index (χ1v) is 7.58. The van der Waals surface area contributed by atoms with Crippen LogP contribution in [0.4, 0.5) is 4.79 Å². The second-order valence-electron chi connectivity index (χ2n) is 5.87. The molecule has 1 aromatic carbocycles. The van der Waals surface area contributed by atoms with E-state index in [4.69, 9.17) is 26.9 Å². The molecule has 0 bridgehead atoms. The molecule has 4 N–H and O–H groups in total. The molecule has 1 aliphatic heterocycles. The van der Waals surface area contributed by atoms with Gasteiger partial charge in [-0.3, -0.25) is 5.41 Å². The number of amides is 1. The molecule has 0 spiro atoms. The van der Waals surface area contributed by atoms with E-state index in [-0.39, 0.29) is 16.9 Å². The van der Waals surface area contributed by atoms with Gasteiger partial charge in [-0.25, -0.2) is 15.3 Å². The maximum absolute atomic E-state index is 10.7. The summed E-state index contributed by atoms with van der Waals surface area (Å²) in [5.74, 6) is -0.250. The Balaban J connectivity index is 1.91. The van der Waals surface area contributed by atoms with Gasteiger partial charge in [-0.15, -0.1) is 0 Å². The van der Waals surface area contributed by atoms with E-state index in [1.807, 2.05) is 18.2 Å². The fourth-order valence-electron chi connectivity index (χ4n) is 2.56. The lowest BCUT2D eigenvalue weighted by Crippen LogP contribution is -2.44. The Kier molecular flexibility index (Phi) is 4.21. The van der Waals surface area contributed by atoms with Crippen LogP contribution in [0.5, 0.6) is 0 Å². The van der Waals surface area contributed by atoms with E-state index in [1.165, 1.54) is 6.33 Å². The van der Waals surface area contributed by atoms with Gasteiger partial charge in [-0.05, 0) is 17.7 Å².